The molecule has 0 unspecified atom stereocenters. The van der Waals surface area contributed by atoms with Gasteiger partial charge in [0, 0.05) is 39.1 Å². The van der Waals surface area contributed by atoms with E-state index in [1.807, 2.05) is 38.5 Å². The fraction of sp³-hybridized carbons (Fsp3) is 0.471. The summed E-state index contributed by atoms with van der Waals surface area (Å²) >= 11 is 0. The summed E-state index contributed by atoms with van der Waals surface area (Å²) in [6.45, 7) is 5.65. The number of carbonyl (C=O) groups excluding carboxylic acids is 1. The van der Waals surface area contributed by atoms with E-state index in [-0.39, 0.29) is 5.91 Å². The monoisotopic (exact) mass is 354 g/mol. The van der Waals surface area contributed by atoms with Crippen LogP contribution in [0.3, 0.4) is 0 Å². The topological polar surface area (TPSA) is 85.0 Å². The molecule has 1 aliphatic rings. The molecule has 0 radical (unpaired) electrons. The highest BCUT2D eigenvalue weighted by molar-refractivity contribution is 5.77. The number of benzene rings is 1. The molecule has 0 saturated carbocycles. The van der Waals surface area contributed by atoms with Crippen LogP contribution in [0.25, 0.3) is 11.0 Å². The van der Waals surface area contributed by atoms with Crippen molar-refractivity contribution in [2.45, 2.75) is 19.5 Å². The van der Waals surface area contributed by atoms with Crippen molar-refractivity contribution in [1.82, 2.24) is 39.6 Å². The first kappa shape index (κ1) is 16.6. The quantitative estimate of drug-likeness (QED) is 0.631. The minimum atomic E-state index is 0.181. The van der Waals surface area contributed by atoms with Gasteiger partial charge in [0.15, 0.2) is 0 Å². The van der Waals surface area contributed by atoms with E-state index in [0.29, 0.717) is 13.0 Å². The summed E-state index contributed by atoms with van der Waals surface area (Å²) in [6, 6.07) is 7.81. The van der Waals surface area contributed by atoms with Gasteiger partial charge in [-0.25, -0.2) is 9.67 Å². The zero-order valence-corrected chi connectivity index (χ0v) is 14.6. The molecule has 9 heteroatoms. The van der Waals surface area contributed by atoms with E-state index < -0.39 is 0 Å². The molecule has 26 heavy (non-hydrogen) atoms. The van der Waals surface area contributed by atoms with Gasteiger partial charge in [0.2, 0.25) is 5.91 Å². The van der Waals surface area contributed by atoms with Gasteiger partial charge in [0.05, 0.1) is 18.6 Å². The number of rotatable bonds is 6. The van der Waals surface area contributed by atoms with Gasteiger partial charge in [-0.2, -0.15) is 5.10 Å². The van der Waals surface area contributed by atoms with Crippen LogP contribution in [-0.4, -0.2) is 78.2 Å². The van der Waals surface area contributed by atoms with Crippen LogP contribution in [0, 0.1) is 0 Å². The Bertz CT molecular complexity index is 851. The summed E-state index contributed by atoms with van der Waals surface area (Å²) in [7, 11) is 0. The lowest BCUT2D eigenvalue weighted by atomic mass is 10.2. The molecule has 1 saturated heterocycles. The first-order valence-electron chi connectivity index (χ1n) is 8.90. The predicted octanol–water partition coefficient (Wildman–Crippen LogP) is 0.257. The molecule has 0 aliphatic carbocycles. The highest BCUT2D eigenvalue weighted by Crippen LogP contribution is 2.11. The van der Waals surface area contributed by atoms with Crippen molar-refractivity contribution in [2.75, 3.05) is 32.7 Å². The lowest BCUT2D eigenvalue weighted by Gasteiger charge is -2.34. The molecule has 4 rings (SSSR count). The Morgan fingerprint density at radius 2 is 1.88 bits per heavy atom. The smallest absolute Gasteiger partial charge is 0.224 e. The predicted molar refractivity (Wildman–Crippen MR) is 95.2 cm³/mol. The highest BCUT2D eigenvalue weighted by atomic mass is 16.2. The van der Waals surface area contributed by atoms with Crippen LogP contribution in [0.2, 0.25) is 0 Å². The molecule has 1 fully saturated rings. The van der Waals surface area contributed by atoms with E-state index in [1.54, 1.807) is 12.7 Å². The second-order valence-electron chi connectivity index (χ2n) is 6.43. The average molecular weight is 354 g/mol. The van der Waals surface area contributed by atoms with E-state index in [0.717, 1.165) is 50.3 Å². The Balaban J connectivity index is 1.23. The van der Waals surface area contributed by atoms with Crippen LogP contribution >= 0.6 is 0 Å². The fourth-order valence-electron chi connectivity index (χ4n) is 3.26. The van der Waals surface area contributed by atoms with Crippen molar-refractivity contribution in [2.24, 2.45) is 0 Å². The molecule has 1 amide bonds. The van der Waals surface area contributed by atoms with Crippen molar-refractivity contribution in [3.8, 4) is 0 Å². The minimum absolute atomic E-state index is 0.181. The number of carbonyl (C=O) groups is 1. The number of aryl methyl sites for hydroxylation is 1. The Morgan fingerprint density at radius 3 is 2.69 bits per heavy atom. The van der Waals surface area contributed by atoms with Gasteiger partial charge in [-0.15, -0.1) is 5.10 Å². The van der Waals surface area contributed by atoms with Crippen molar-refractivity contribution < 1.29 is 4.79 Å². The number of amides is 1. The van der Waals surface area contributed by atoms with Gasteiger partial charge in [-0.3, -0.25) is 14.4 Å². The number of fused-ring (bicyclic) bond motifs is 1. The van der Waals surface area contributed by atoms with E-state index in [2.05, 4.69) is 25.3 Å². The number of hydrogen-bond acceptors (Lipinski definition) is 6. The molecule has 3 heterocycles. The number of nitrogens with zero attached hydrogens (tertiary/aromatic N) is 8. The average Bonchev–Trinajstić information content (AvgIpc) is 3.35. The standard InChI is InChI=1S/C17H22N8O/c26-17(5-6-25-16-4-2-1-3-15(16)20-21-25)23-10-7-22(8-11-23)9-12-24-14-18-13-19-24/h1-4,13-14H,5-12H2. The van der Waals surface area contributed by atoms with Gasteiger partial charge in [-0.05, 0) is 12.1 Å². The van der Waals surface area contributed by atoms with Crippen LogP contribution in [0.1, 0.15) is 6.42 Å². The molecule has 0 atom stereocenters. The SMILES string of the molecule is O=C(CCn1nnc2ccccc21)N1CCN(CCn2cncn2)CC1. The van der Waals surface area contributed by atoms with Crippen molar-refractivity contribution >= 4 is 16.9 Å². The second kappa shape index (κ2) is 7.61. The van der Waals surface area contributed by atoms with E-state index in [4.69, 9.17) is 0 Å². The number of hydrogen-bond donors (Lipinski definition) is 0. The third-order valence-electron chi connectivity index (χ3n) is 4.79. The van der Waals surface area contributed by atoms with Crippen LogP contribution in [0.5, 0.6) is 0 Å². The number of piperazine rings is 1. The van der Waals surface area contributed by atoms with Gasteiger partial charge in [-0.1, -0.05) is 17.3 Å². The summed E-state index contributed by atoms with van der Waals surface area (Å²) in [4.78, 5) is 20.8. The molecule has 9 nitrogen and oxygen atoms in total. The molecule has 1 aliphatic heterocycles. The van der Waals surface area contributed by atoms with E-state index in [9.17, 15) is 4.79 Å². The molecule has 3 aromatic rings. The lowest BCUT2D eigenvalue weighted by molar-refractivity contribution is -0.133. The zero-order valence-electron chi connectivity index (χ0n) is 14.6. The summed E-state index contributed by atoms with van der Waals surface area (Å²) < 4.78 is 3.64. The second-order valence-corrected chi connectivity index (χ2v) is 6.43. The van der Waals surface area contributed by atoms with Gasteiger partial charge >= 0.3 is 0 Å². The molecule has 0 N–H and O–H groups in total. The van der Waals surface area contributed by atoms with Gasteiger partial charge in [0.25, 0.3) is 0 Å². The Kier molecular flexibility index (Phi) is 4.87. The van der Waals surface area contributed by atoms with Crippen molar-refractivity contribution in [3.63, 3.8) is 0 Å². The van der Waals surface area contributed by atoms with Crippen LogP contribution in [-0.2, 0) is 17.9 Å². The normalized spacial score (nSPS) is 15.6. The maximum atomic E-state index is 12.5. The van der Waals surface area contributed by atoms with E-state index >= 15 is 0 Å². The highest BCUT2D eigenvalue weighted by Gasteiger charge is 2.21. The molecule has 1 aromatic carbocycles. The van der Waals surface area contributed by atoms with E-state index in [1.165, 1.54) is 0 Å². The summed E-state index contributed by atoms with van der Waals surface area (Å²) in [5, 5.41) is 12.4. The largest absolute Gasteiger partial charge is 0.340 e. The van der Waals surface area contributed by atoms with Crippen LogP contribution in [0.4, 0.5) is 0 Å². The Hall–Kier alpha value is -2.81. The number of aromatic nitrogens is 6. The Morgan fingerprint density at radius 1 is 1.04 bits per heavy atom. The maximum Gasteiger partial charge on any atom is 0.224 e. The molecule has 136 valence electrons. The minimum Gasteiger partial charge on any atom is -0.340 e. The molecular weight excluding hydrogens is 332 g/mol. The summed E-state index contributed by atoms with van der Waals surface area (Å²) in [6.07, 6.45) is 3.73. The summed E-state index contributed by atoms with van der Waals surface area (Å²) in [5.74, 6) is 0.181. The lowest BCUT2D eigenvalue weighted by Crippen LogP contribution is -2.49. The maximum absolute atomic E-state index is 12.5. The zero-order chi connectivity index (χ0) is 17.8. The van der Waals surface area contributed by atoms with Crippen LogP contribution < -0.4 is 0 Å². The third-order valence-corrected chi connectivity index (χ3v) is 4.79. The Labute approximate surface area is 151 Å². The van der Waals surface area contributed by atoms with Crippen LogP contribution in [0.15, 0.2) is 36.9 Å². The van der Waals surface area contributed by atoms with Gasteiger partial charge < -0.3 is 4.90 Å². The first-order chi connectivity index (χ1) is 12.8. The van der Waals surface area contributed by atoms with Gasteiger partial charge in [0.1, 0.15) is 18.2 Å². The third kappa shape index (κ3) is 3.72. The fourth-order valence-corrected chi connectivity index (χ4v) is 3.26. The first-order valence-corrected chi connectivity index (χ1v) is 8.90. The van der Waals surface area contributed by atoms with Crippen molar-refractivity contribution in [1.29, 1.82) is 0 Å². The van der Waals surface area contributed by atoms with Crippen molar-refractivity contribution in [3.05, 3.63) is 36.9 Å². The summed E-state index contributed by atoms with van der Waals surface area (Å²) in [5.41, 5.74) is 1.83. The number of para-hydroxylation sites is 1. The molecular formula is C17H22N8O. The molecule has 2 aromatic heterocycles. The molecule has 0 bridgehead atoms. The molecule has 0 spiro atoms.